The Bertz CT molecular complexity index is 1080. The molecule has 180 valence electrons. The average Bonchev–Trinajstić information content (AvgIpc) is 3.08. The van der Waals surface area contributed by atoms with Crippen LogP contribution in [0.1, 0.15) is 32.8 Å². The van der Waals surface area contributed by atoms with Gasteiger partial charge >= 0.3 is 0 Å². The van der Waals surface area contributed by atoms with Gasteiger partial charge in [0.1, 0.15) is 12.3 Å². The molecule has 1 heterocycles. The summed E-state index contributed by atoms with van der Waals surface area (Å²) in [6.45, 7) is 5.97. The van der Waals surface area contributed by atoms with Crippen LogP contribution < -0.4 is 19.5 Å². The van der Waals surface area contributed by atoms with Crippen molar-refractivity contribution >= 4 is 40.6 Å². The highest BCUT2D eigenvalue weighted by Crippen LogP contribution is 2.35. The smallest absolute Gasteiger partial charge is 0.294 e. The maximum Gasteiger partial charge on any atom is 0.294 e. The predicted octanol–water partition coefficient (Wildman–Crippen LogP) is 4.95. The largest absolute Gasteiger partial charge is 0.497 e. The Kier molecular flexibility index (Phi) is 8.59. The van der Waals surface area contributed by atoms with Gasteiger partial charge in [-0.2, -0.15) is 0 Å². The monoisotopic (exact) mass is 484 g/mol. The molecular weight excluding hydrogens is 456 g/mol. The molecule has 3 rings (SSSR count). The van der Waals surface area contributed by atoms with Crippen molar-refractivity contribution in [3.05, 3.63) is 52.9 Å². The minimum atomic E-state index is -0.516. The molecule has 1 aliphatic rings. The van der Waals surface area contributed by atoms with Crippen LogP contribution in [0.15, 0.2) is 47.4 Å². The number of carbonyl (C=O) groups excluding carboxylic acids is 3. The van der Waals surface area contributed by atoms with Gasteiger partial charge in [-0.3, -0.25) is 19.3 Å². The summed E-state index contributed by atoms with van der Waals surface area (Å²) in [7, 11) is 1.55. The Balaban J connectivity index is 1.70. The summed E-state index contributed by atoms with van der Waals surface area (Å²) in [6.07, 6.45) is 2.50. The van der Waals surface area contributed by atoms with E-state index in [2.05, 4.69) is 5.32 Å². The van der Waals surface area contributed by atoms with Crippen molar-refractivity contribution in [1.29, 1.82) is 0 Å². The number of anilines is 1. The first-order valence-electron chi connectivity index (χ1n) is 11.0. The van der Waals surface area contributed by atoms with E-state index in [1.54, 1.807) is 55.7 Å². The molecule has 1 atom stereocenters. The van der Waals surface area contributed by atoms with E-state index in [1.165, 1.54) is 0 Å². The second kappa shape index (κ2) is 11.6. The molecule has 1 fully saturated rings. The molecule has 0 aromatic heterocycles. The molecule has 0 saturated carbocycles. The molecule has 1 saturated heterocycles. The second-order valence-electron chi connectivity index (χ2n) is 7.52. The molecule has 0 spiro atoms. The first kappa shape index (κ1) is 25.2. The van der Waals surface area contributed by atoms with Crippen molar-refractivity contribution in [2.75, 3.05) is 25.6 Å². The average molecular weight is 485 g/mol. The van der Waals surface area contributed by atoms with E-state index in [0.29, 0.717) is 35.1 Å². The zero-order valence-corrected chi connectivity index (χ0v) is 20.4. The maximum atomic E-state index is 12.8. The number of nitrogens with one attached hydrogen (secondary N) is 1. The minimum absolute atomic E-state index is 0.0330. The molecule has 2 aromatic carbocycles. The predicted molar refractivity (Wildman–Crippen MR) is 132 cm³/mol. The molecule has 1 N–H and O–H groups in total. The molecule has 34 heavy (non-hydrogen) atoms. The van der Waals surface area contributed by atoms with Crippen LogP contribution >= 0.6 is 11.8 Å². The molecule has 0 bridgehead atoms. The second-order valence-corrected chi connectivity index (χ2v) is 8.51. The number of rotatable bonds is 10. The highest BCUT2D eigenvalue weighted by atomic mass is 32.2. The van der Waals surface area contributed by atoms with Gasteiger partial charge in [0.15, 0.2) is 11.5 Å². The van der Waals surface area contributed by atoms with E-state index < -0.39 is 17.1 Å². The number of methoxy groups -OCH3 is 1. The number of ether oxygens (including phenoxy) is 3. The Morgan fingerprint density at radius 1 is 1.12 bits per heavy atom. The van der Waals surface area contributed by atoms with E-state index >= 15 is 0 Å². The van der Waals surface area contributed by atoms with Crippen LogP contribution in [0.4, 0.5) is 10.5 Å². The quantitative estimate of drug-likeness (QED) is 0.477. The fourth-order valence-corrected chi connectivity index (χ4v) is 3.92. The molecule has 9 heteroatoms. The molecule has 3 amide bonds. The van der Waals surface area contributed by atoms with Crippen LogP contribution in [0.5, 0.6) is 17.2 Å². The molecule has 2 aromatic rings. The van der Waals surface area contributed by atoms with E-state index in [-0.39, 0.29) is 17.6 Å². The van der Waals surface area contributed by atoms with E-state index in [0.717, 1.165) is 23.1 Å². The van der Waals surface area contributed by atoms with E-state index in [1.807, 2.05) is 20.8 Å². The van der Waals surface area contributed by atoms with Crippen molar-refractivity contribution in [1.82, 2.24) is 4.90 Å². The Hall–Kier alpha value is -3.46. The van der Waals surface area contributed by atoms with Gasteiger partial charge in [-0.15, -0.1) is 0 Å². The number of carbonyl (C=O) groups is 3. The van der Waals surface area contributed by atoms with Crippen LogP contribution in [0, 0.1) is 0 Å². The van der Waals surface area contributed by atoms with Crippen molar-refractivity contribution < 1.29 is 28.6 Å². The van der Waals surface area contributed by atoms with Gasteiger partial charge in [0.2, 0.25) is 5.91 Å². The number of imide groups is 1. The van der Waals surface area contributed by atoms with Crippen LogP contribution in [-0.2, 0) is 9.59 Å². The molecule has 0 unspecified atom stereocenters. The van der Waals surface area contributed by atoms with Crippen molar-refractivity contribution in [3.8, 4) is 17.2 Å². The number of nitrogens with zero attached hydrogens (tertiary/aromatic N) is 1. The van der Waals surface area contributed by atoms with Crippen LogP contribution in [0.2, 0.25) is 0 Å². The van der Waals surface area contributed by atoms with Crippen LogP contribution in [-0.4, -0.2) is 48.3 Å². The van der Waals surface area contributed by atoms with E-state index in [9.17, 15) is 14.4 Å². The molecular formula is C25H28N2O6S. The Morgan fingerprint density at radius 3 is 2.50 bits per heavy atom. The van der Waals surface area contributed by atoms with Gasteiger partial charge in [0.25, 0.3) is 11.1 Å². The standard InChI is InChI=1S/C25H28N2O6S/c1-5-16(3)33-20-12-7-17(13-21(20)32-6-2)14-22-24(29)27(25(30)34-22)15-23(28)26-18-8-10-19(31-4)11-9-18/h7-14,16H,5-6,15H2,1-4H3,(H,26,28)/b22-14+/t16-/m1/s1. The third-order valence-corrected chi connectivity index (χ3v) is 5.92. The van der Waals surface area contributed by atoms with Crippen molar-refractivity contribution in [2.45, 2.75) is 33.3 Å². The third-order valence-electron chi connectivity index (χ3n) is 5.02. The van der Waals surface area contributed by atoms with Crippen molar-refractivity contribution in [2.24, 2.45) is 0 Å². The summed E-state index contributed by atoms with van der Waals surface area (Å²) in [4.78, 5) is 38.8. The normalized spacial score (nSPS) is 15.4. The summed E-state index contributed by atoms with van der Waals surface area (Å²) < 4.78 is 16.7. The Labute approximate surface area is 203 Å². The summed E-state index contributed by atoms with van der Waals surface area (Å²) in [5, 5.41) is 2.18. The molecule has 0 radical (unpaired) electrons. The zero-order valence-electron chi connectivity index (χ0n) is 19.6. The summed E-state index contributed by atoms with van der Waals surface area (Å²) in [5.74, 6) is 0.851. The highest BCUT2D eigenvalue weighted by molar-refractivity contribution is 8.18. The van der Waals surface area contributed by atoms with Gasteiger partial charge in [-0.05, 0) is 80.1 Å². The summed E-state index contributed by atoms with van der Waals surface area (Å²) >= 11 is 0.797. The van der Waals surface area contributed by atoms with Gasteiger partial charge in [0, 0.05) is 5.69 Å². The zero-order chi connectivity index (χ0) is 24.7. The van der Waals surface area contributed by atoms with E-state index in [4.69, 9.17) is 14.2 Å². The van der Waals surface area contributed by atoms with Crippen molar-refractivity contribution in [3.63, 3.8) is 0 Å². The lowest BCUT2D eigenvalue weighted by Gasteiger charge is -2.16. The molecule has 8 nitrogen and oxygen atoms in total. The SMILES string of the molecule is CCOc1cc(/C=C2/SC(=O)N(CC(=O)Nc3ccc(OC)cc3)C2=O)ccc1O[C@H](C)CC. The highest BCUT2D eigenvalue weighted by Gasteiger charge is 2.36. The fraction of sp³-hybridized carbons (Fsp3) is 0.320. The topological polar surface area (TPSA) is 94.2 Å². The fourth-order valence-electron chi connectivity index (χ4n) is 3.09. The number of amides is 3. The van der Waals surface area contributed by atoms with Gasteiger partial charge in [0.05, 0.1) is 24.7 Å². The number of thioether (sulfide) groups is 1. The maximum absolute atomic E-state index is 12.8. The molecule has 1 aliphatic heterocycles. The molecule has 0 aliphatic carbocycles. The van der Waals surface area contributed by atoms with Crippen LogP contribution in [0.25, 0.3) is 6.08 Å². The van der Waals surface area contributed by atoms with Gasteiger partial charge < -0.3 is 19.5 Å². The number of benzene rings is 2. The minimum Gasteiger partial charge on any atom is -0.497 e. The lowest BCUT2D eigenvalue weighted by atomic mass is 10.1. The van der Waals surface area contributed by atoms with Gasteiger partial charge in [-0.25, -0.2) is 0 Å². The first-order valence-corrected chi connectivity index (χ1v) is 11.8. The summed E-state index contributed by atoms with van der Waals surface area (Å²) in [6, 6.07) is 12.1. The summed E-state index contributed by atoms with van der Waals surface area (Å²) in [5.41, 5.74) is 1.23. The van der Waals surface area contributed by atoms with Crippen LogP contribution in [0.3, 0.4) is 0 Å². The third kappa shape index (κ3) is 6.32. The lowest BCUT2D eigenvalue weighted by Crippen LogP contribution is -2.36. The number of hydrogen-bond acceptors (Lipinski definition) is 7. The Morgan fingerprint density at radius 2 is 1.85 bits per heavy atom. The first-order chi connectivity index (χ1) is 16.3. The van der Waals surface area contributed by atoms with Gasteiger partial charge in [-0.1, -0.05) is 13.0 Å². The number of hydrogen-bond donors (Lipinski definition) is 1. The lowest BCUT2D eigenvalue weighted by molar-refractivity contribution is -0.127.